The van der Waals surface area contributed by atoms with Crippen LogP contribution in [0.1, 0.15) is 0 Å². The predicted molar refractivity (Wildman–Crippen MR) is 87.8 cm³/mol. The first kappa shape index (κ1) is 34.1. The summed E-state index contributed by atoms with van der Waals surface area (Å²) < 4.78 is 0. The van der Waals surface area contributed by atoms with E-state index in [-0.39, 0.29) is 0 Å². The summed E-state index contributed by atoms with van der Waals surface area (Å²) in [7, 11) is 0. The molecule has 0 aliphatic heterocycles. The summed E-state index contributed by atoms with van der Waals surface area (Å²) in [6.07, 6.45) is 3.33. The maximum absolute atomic E-state index is 9.25. The zero-order valence-electron chi connectivity index (χ0n) is 13.6. The smallest absolute Gasteiger partial charge is 0.327 e. The van der Waals surface area contributed by atoms with Crippen LogP contribution >= 0.6 is 0 Å². The van der Waals surface area contributed by atoms with Crippen LogP contribution in [0.4, 0.5) is 0 Å². The number of carboxylic acid groups (broad SMARTS) is 4. The van der Waals surface area contributed by atoms with Crippen molar-refractivity contribution in [1.82, 2.24) is 0 Å². The van der Waals surface area contributed by atoms with Gasteiger partial charge in [-0.3, -0.25) is 0 Å². The molecule has 0 atom stereocenters. The first-order valence-electron chi connectivity index (χ1n) is 5.84. The fraction of sp³-hybridized carbons (Fsp3) is 0.143. The minimum absolute atomic E-state index is 0.833. The average molecular weight is 382 g/mol. The number of aliphatic hydroxyl groups is 4. The fourth-order valence-corrected chi connectivity index (χ4v) is 0. The Bertz CT molecular complexity index is 387. The lowest BCUT2D eigenvalue weighted by Gasteiger charge is -2.07. The molecule has 0 aliphatic carbocycles. The van der Waals surface area contributed by atoms with Crippen molar-refractivity contribution in [3.63, 3.8) is 0 Å². The molecule has 0 heterocycles. The molecule has 0 unspecified atom stereocenters. The standard InChI is InChI=1S/4C3H4O2.C2H6O4/c4*1-2-3(4)5;3-1-2(4,5)6/h4*2H,1H2,(H,4,5);3-6H,1H2. The van der Waals surface area contributed by atoms with Gasteiger partial charge in [-0.25, -0.2) is 19.2 Å². The van der Waals surface area contributed by atoms with Crippen LogP contribution in [-0.2, 0) is 19.2 Å². The van der Waals surface area contributed by atoms with Crippen molar-refractivity contribution in [2.45, 2.75) is 5.97 Å². The highest BCUT2D eigenvalue weighted by Gasteiger charge is 2.13. The molecular formula is C14H22O12. The number of rotatable bonds is 5. The second-order valence-electron chi connectivity index (χ2n) is 3.10. The van der Waals surface area contributed by atoms with Gasteiger partial charge in [0.2, 0.25) is 0 Å². The van der Waals surface area contributed by atoms with Crippen molar-refractivity contribution in [3.8, 4) is 0 Å². The Kier molecular flexibility index (Phi) is 31.4. The van der Waals surface area contributed by atoms with Crippen LogP contribution in [0.5, 0.6) is 0 Å². The highest BCUT2D eigenvalue weighted by molar-refractivity contribution is 5.79. The lowest BCUT2D eigenvalue weighted by molar-refractivity contribution is -0.326. The molecule has 0 aromatic heterocycles. The van der Waals surface area contributed by atoms with E-state index in [0.29, 0.717) is 0 Å². The zero-order valence-corrected chi connectivity index (χ0v) is 13.6. The Morgan fingerprint density at radius 1 is 0.615 bits per heavy atom. The lowest BCUT2D eigenvalue weighted by Crippen LogP contribution is -2.31. The Hall–Kier alpha value is -3.32. The van der Waals surface area contributed by atoms with Crippen molar-refractivity contribution in [3.05, 3.63) is 50.6 Å². The molecule has 0 aromatic carbocycles. The van der Waals surface area contributed by atoms with E-state index >= 15 is 0 Å². The number of aliphatic hydroxyl groups excluding tert-OH is 1. The third kappa shape index (κ3) is 136. The molecule has 0 saturated heterocycles. The molecule has 0 aliphatic rings. The monoisotopic (exact) mass is 382 g/mol. The highest BCUT2D eigenvalue weighted by atomic mass is 16.7. The minimum atomic E-state index is -2.90. The molecule has 12 nitrogen and oxygen atoms in total. The second kappa shape index (κ2) is 23.9. The van der Waals surface area contributed by atoms with Crippen LogP contribution in [0.3, 0.4) is 0 Å². The topological polar surface area (TPSA) is 230 Å². The molecule has 0 saturated carbocycles. The maximum atomic E-state index is 9.25. The molecule has 26 heavy (non-hydrogen) atoms. The summed E-state index contributed by atoms with van der Waals surface area (Å²) >= 11 is 0. The Labute approximate surface area is 148 Å². The van der Waals surface area contributed by atoms with E-state index in [2.05, 4.69) is 26.3 Å². The number of carbonyl (C=O) groups is 4. The van der Waals surface area contributed by atoms with Gasteiger partial charge in [0.1, 0.15) is 6.61 Å². The van der Waals surface area contributed by atoms with Crippen LogP contribution in [0.25, 0.3) is 0 Å². The first-order valence-corrected chi connectivity index (χ1v) is 5.84. The van der Waals surface area contributed by atoms with Crippen molar-refractivity contribution in [2.75, 3.05) is 6.61 Å². The molecule has 8 N–H and O–H groups in total. The quantitative estimate of drug-likeness (QED) is 0.203. The van der Waals surface area contributed by atoms with E-state index < -0.39 is 36.5 Å². The van der Waals surface area contributed by atoms with Gasteiger partial charge in [-0.2, -0.15) is 0 Å². The third-order valence-electron chi connectivity index (χ3n) is 0.911. The van der Waals surface area contributed by atoms with E-state index in [1.807, 2.05) is 0 Å². The van der Waals surface area contributed by atoms with Gasteiger partial charge in [0.25, 0.3) is 5.97 Å². The Morgan fingerprint density at radius 2 is 0.692 bits per heavy atom. The molecule has 0 aromatic rings. The lowest BCUT2D eigenvalue weighted by atomic mass is 10.6. The average Bonchev–Trinajstić information content (AvgIpc) is 2.56. The van der Waals surface area contributed by atoms with Crippen molar-refractivity contribution in [1.29, 1.82) is 0 Å². The van der Waals surface area contributed by atoms with E-state index in [9.17, 15) is 19.2 Å². The van der Waals surface area contributed by atoms with Gasteiger partial charge in [0.15, 0.2) is 0 Å². The van der Waals surface area contributed by atoms with Gasteiger partial charge in [-0.15, -0.1) is 0 Å². The maximum Gasteiger partial charge on any atom is 0.327 e. The number of hydrogen-bond donors (Lipinski definition) is 8. The Morgan fingerprint density at radius 3 is 0.692 bits per heavy atom. The molecule has 12 heteroatoms. The summed E-state index contributed by atoms with van der Waals surface area (Å²) in [6.45, 7) is 10.8. The molecule has 150 valence electrons. The zero-order chi connectivity index (χ0) is 22.3. The van der Waals surface area contributed by atoms with Crippen LogP contribution in [0, 0.1) is 0 Å². The van der Waals surface area contributed by atoms with E-state index in [4.69, 9.17) is 40.9 Å². The molecule has 0 radical (unpaired) electrons. The van der Waals surface area contributed by atoms with Crippen molar-refractivity contribution < 1.29 is 60.0 Å². The van der Waals surface area contributed by atoms with Crippen molar-refractivity contribution >= 4 is 23.9 Å². The fourth-order valence-electron chi connectivity index (χ4n) is 0. The van der Waals surface area contributed by atoms with Gasteiger partial charge in [0.05, 0.1) is 0 Å². The summed E-state index contributed by atoms with van der Waals surface area (Å²) in [4.78, 5) is 37.0. The second-order valence-corrected chi connectivity index (χ2v) is 3.10. The normalized spacial score (nSPS) is 7.69. The third-order valence-corrected chi connectivity index (χ3v) is 0.911. The van der Waals surface area contributed by atoms with Gasteiger partial charge in [-0.05, 0) is 0 Å². The summed E-state index contributed by atoms with van der Waals surface area (Å²) in [5, 5.41) is 61.1. The number of aliphatic carboxylic acids is 4. The number of carboxylic acids is 4. The summed E-state index contributed by atoms with van der Waals surface area (Å²) in [5.41, 5.74) is 0. The van der Waals surface area contributed by atoms with Gasteiger partial charge >= 0.3 is 23.9 Å². The molecule has 0 bridgehead atoms. The summed E-state index contributed by atoms with van der Waals surface area (Å²) in [6, 6.07) is 0. The SMILES string of the molecule is C=CC(=O)O.C=CC(=O)O.C=CC(=O)O.C=CC(=O)O.OCC(O)(O)O. The van der Waals surface area contributed by atoms with Crippen LogP contribution in [0.15, 0.2) is 50.6 Å². The number of hydrogen-bond acceptors (Lipinski definition) is 8. The van der Waals surface area contributed by atoms with E-state index in [1.54, 1.807) is 0 Å². The summed E-state index contributed by atoms with van der Waals surface area (Å²) in [5.74, 6) is -6.83. The van der Waals surface area contributed by atoms with Gasteiger partial charge < -0.3 is 40.9 Å². The van der Waals surface area contributed by atoms with E-state index in [1.165, 1.54) is 0 Å². The largest absolute Gasteiger partial charge is 0.478 e. The Balaban J connectivity index is -0.0000000708. The van der Waals surface area contributed by atoms with Crippen LogP contribution in [-0.4, -0.2) is 77.3 Å². The first-order chi connectivity index (χ1) is 11.6. The van der Waals surface area contributed by atoms with Crippen molar-refractivity contribution in [2.24, 2.45) is 0 Å². The van der Waals surface area contributed by atoms with Crippen LogP contribution in [0.2, 0.25) is 0 Å². The highest BCUT2D eigenvalue weighted by Crippen LogP contribution is 1.84. The van der Waals surface area contributed by atoms with E-state index in [0.717, 1.165) is 24.3 Å². The van der Waals surface area contributed by atoms with Crippen LogP contribution < -0.4 is 0 Å². The molecule has 0 rings (SSSR count). The van der Waals surface area contributed by atoms with Gasteiger partial charge in [0, 0.05) is 24.3 Å². The molecule has 0 spiro atoms. The molecule has 0 amide bonds. The minimum Gasteiger partial charge on any atom is -0.478 e. The van der Waals surface area contributed by atoms with Gasteiger partial charge in [-0.1, -0.05) is 26.3 Å². The molecule has 0 fully saturated rings. The predicted octanol–water partition coefficient (Wildman–Crippen LogP) is -1.36. The molecular weight excluding hydrogens is 360 g/mol.